The molecule has 1 unspecified atom stereocenters. The Morgan fingerprint density at radius 3 is 2.70 bits per heavy atom. The van der Waals surface area contributed by atoms with Crippen LogP contribution in [-0.4, -0.2) is 43.1 Å². The molecule has 23 heavy (non-hydrogen) atoms. The van der Waals surface area contributed by atoms with Gasteiger partial charge in [0.2, 0.25) is 0 Å². The minimum Gasteiger partial charge on any atom is -0.493 e. The fraction of sp³-hybridized carbons (Fsp3) is 0.556. The van der Waals surface area contributed by atoms with E-state index in [1.807, 2.05) is 31.2 Å². The van der Waals surface area contributed by atoms with Crippen LogP contribution in [0.4, 0.5) is 0 Å². The number of ether oxygens (including phenoxy) is 2. The standard InChI is InChI=1S/C18H25NO4/c1-14-5-7-16(8-6-14)22-11-9-18(21)23-13-17(20)19-10-3-4-15(2)12-19/h5-8,15H,3-4,9-13H2,1-2H3. The minimum absolute atomic E-state index is 0.107. The molecule has 0 N–H and O–H groups in total. The Balaban J connectivity index is 1.62. The third-order valence-electron chi connectivity index (χ3n) is 3.96. The van der Waals surface area contributed by atoms with Gasteiger partial charge in [-0.25, -0.2) is 0 Å². The SMILES string of the molecule is Cc1ccc(OCCC(=O)OCC(=O)N2CCCC(C)C2)cc1. The Hall–Kier alpha value is -2.04. The maximum atomic E-state index is 12.0. The zero-order valence-corrected chi connectivity index (χ0v) is 13.9. The first-order valence-corrected chi connectivity index (χ1v) is 8.17. The molecule has 5 heteroatoms. The molecule has 1 aliphatic rings. The van der Waals surface area contributed by atoms with E-state index in [0.717, 1.165) is 37.2 Å². The molecule has 1 saturated heterocycles. The van der Waals surface area contributed by atoms with E-state index in [4.69, 9.17) is 9.47 Å². The molecule has 0 radical (unpaired) electrons. The molecule has 0 bridgehead atoms. The molecule has 0 saturated carbocycles. The Kier molecular flexibility index (Phi) is 6.44. The molecule has 1 atom stereocenters. The molecule has 1 aromatic rings. The third-order valence-corrected chi connectivity index (χ3v) is 3.96. The van der Waals surface area contributed by atoms with E-state index < -0.39 is 5.97 Å². The molecule has 5 nitrogen and oxygen atoms in total. The fourth-order valence-electron chi connectivity index (χ4n) is 2.61. The predicted molar refractivity (Wildman–Crippen MR) is 87.2 cm³/mol. The van der Waals surface area contributed by atoms with Crippen LogP contribution in [0.3, 0.4) is 0 Å². The Morgan fingerprint density at radius 1 is 1.26 bits per heavy atom. The molecule has 0 aromatic heterocycles. The molecule has 1 amide bonds. The molecular weight excluding hydrogens is 294 g/mol. The predicted octanol–water partition coefficient (Wildman–Crippen LogP) is 2.57. The Morgan fingerprint density at radius 2 is 2.00 bits per heavy atom. The van der Waals surface area contributed by atoms with Gasteiger partial charge in [-0.05, 0) is 37.8 Å². The zero-order valence-electron chi connectivity index (χ0n) is 13.9. The van der Waals surface area contributed by atoms with Crippen molar-refractivity contribution in [3.63, 3.8) is 0 Å². The number of hydrogen-bond acceptors (Lipinski definition) is 4. The van der Waals surface area contributed by atoms with E-state index in [9.17, 15) is 9.59 Å². The second-order valence-corrected chi connectivity index (χ2v) is 6.16. The summed E-state index contributed by atoms with van der Waals surface area (Å²) in [5.74, 6) is 0.730. The van der Waals surface area contributed by atoms with Crippen LogP contribution in [0.15, 0.2) is 24.3 Å². The van der Waals surface area contributed by atoms with Crippen LogP contribution in [0.2, 0.25) is 0 Å². The quantitative estimate of drug-likeness (QED) is 0.756. The van der Waals surface area contributed by atoms with Crippen molar-refractivity contribution in [3.8, 4) is 5.75 Å². The number of esters is 1. The van der Waals surface area contributed by atoms with Crippen molar-refractivity contribution in [1.29, 1.82) is 0 Å². The number of aryl methyl sites for hydroxylation is 1. The molecule has 0 aliphatic carbocycles. The van der Waals surface area contributed by atoms with Crippen molar-refractivity contribution in [2.75, 3.05) is 26.3 Å². The molecule has 1 aliphatic heterocycles. The first-order chi connectivity index (χ1) is 11.0. The highest BCUT2D eigenvalue weighted by atomic mass is 16.5. The average molecular weight is 319 g/mol. The third kappa shape index (κ3) is 5.93. The summed E-state index contributed by atoms with van der Waals surface area (Å²) in [4.78, 5) is 25.4. The summed E-state index contributed by atoms with van der Waals surface area (Å²) >= 11 is 0. The molecule has 1 heterocycles. The van der Waals surface area contributed by atoms with Crippen LogP contribution >= 0.6 is 0 Å². The number of rotatable bonds is 6. The second-order valence-electron chi connectivity index (χ2n) is 6.16. The van der Waals surface area contributed by atoms with Gasteiger partial charge in [-0.15, -0.1) is 0 Å². The zero-order chi connectivity index (χ0) is 16.7. The lowest BCUT2D eigenvalue weighted by molar-refractivity contribution is -0.153. The second kappa shape index (κ2) is 8.56. The first kappa shape index (κ1) is 17.3. The molecule has 0 spiro atoms. The lowest BCUT2D eigenvalue weighted by atomic mass is 10.0. The summed E-state index contributed by atoms with van der Waals surface area (Å²) in [5, 5.41) is 0. The molecular formula is C18H25NO4. The summed E-state index contributed by atoms with van der Waals surface area (Å²) in [6.45, 7) is 5.73. The Bertz CT molecular complexity index is 526. The number of benzene rings is 1. The van der Waals surface area contributed by atoms with Crippen molar-refractivity contribution in [2.45, 2.75) is 33.1 Å². The summed E-state index contributed by atoms with van der Waals surface area (Å²) in [6, 6.07) is 7.63. The summed E-state index contributed by atoms with van der Waals surface area (Å²) in [5.41, 5.74) is 1.15. The van der Waals surface area contributed by atoms with Gasteiger partial charge in [-0.1, -0.05) is 24.6 Å². The number of nitrogens with zero attached hydrogens (tertiary/aromatic N) is 1. The van der Waals surface area contributed by atoms with E-state index >= 15 is 0 Å². The molecule has 1 fully saturated rings. The van der Waals surface area contributed by atoms with Crippen molar-refractivity contribution >= 4 is 11.9 Å². The van der Waals surface area contributed by atoms with Crippen LogP contribution in [0.5, 0.6) is 5.75 Å². The average Bonchev–Trinajstić information content (AvgIpc) is 2.54. The highest BCUT2D eigenvalue weighted by Crippen LogP contribution is 2.15. The number of carbonyl (C=O) groups is 2. The monoisotopic (exact) mass is 319 g/mol. The van der Waals surface area contributed by atoms with Gasteiger partial charge in [-0.3, -0.25) is 9.59 Å². The largest absolute Gasteiger partial charge is 0.493 e. The van der Waals surface area contributed by atoms with Crippen molar-refractivity contribution in [1.82, 2.24) is 4.90 Å². The number of amides is 1. The normalized spacial score (nSPS) is 17.7. The number of likely N-dealkylation sites (tertiary alicyclic amines) is 1. The van der Waals surface area contributed by atoms with E-state index in [2.05, 4.69) is 6.92 Å². The fourth-order valence-corrected chi connectivity index (χ4v) is 2.61. The van der Waals surface area contributed by atoms with Gasteiger partial charge in [-0.2, -0.15) is 0 Å². The molecule has 1 aromatic carbocycles. The molecule has 126 valence electrons. The van der Waals surface area contributed by atoms with Crippen LogP contribution in [0, 0.1) is 12.8 Å². The van der Waals surface area contributed by atoms with Crippen molar-refractivity contribution in [3.05, 3.63) is 29.8 Å². The topological polar surface area (TPSA) is 55.8 Å². The van der Waals surface area contributed by atoms with Gasteiger partial charge in [0.25, 0.3) is 5.91 Å². The van der Waals surface area contributed by atoms with E-state index in [1.54, 1.807) is 4.90 Å². The van der Waals surface area contributed by atoms with E-state index in [0.29, 0.717) is 5.92 Å². The highest BCUT2D eigenvalue weighted by Gasteiger charge is 2.21. The Labute approximate surface area is 137 Å². The van der Waals surface area contributed by atoms with Crippen LogP contribution in [0.1, 0.15) is 31.7 Å². The molecule has 2 rings (SSSR count). The minimum atomic E-state index is -0.407. The number of hydrogen-bond donors (Lipinski definition) is 0. The van der Waals surface area contributed by atoms with Crippen molar-refractivity contribution in [2.24, 2.45) is 5.92 Å². The highest BCUT2D eigenvalue weighted by molar-refractivity contribution is 5.80. The number of piperidine rings is 1. The van der Waals surface area contributed by atoms with Gasteiger partial charge in [0.05, 0.1) is 13.0 Å². The summed E-state index contributed by atoms with van der Waals surface area (Å²) < 4.78 is 10.5. The van der Waals surface area contributed by atoms with Crippen LogP contribution in [0.25, 0.3) is 0 Å². The van der Waals surface area contributed by atoms with E-state index in [-0.39, 0.29) is 25.5 Å². The van der Waals surface area contributed by atoms with Gasteiger partial charge in [0.15, 0.2) is 6.61 Å². The van der Waals surface area contributed by atoms with Crippen molar-refractivity contribution < 1.29 is 19.1 Å². The van der Waals surface area contributed by atoms with Gasteiger partial charge < -0.3 is 14.4 Å². The van der Waals surface area contributed by atoms with Gasteiger partial charge in [0.1, 0.15) is 5.75 Å². The lowest BCUT2D eigenvalue weighted by Gasteiger charge is -2.30. The summed E-state index contributed by atoms with van der Waals surface area (Å²) in [7, 11) is 0. The number of carbonyl (C=O) groups excluding carboxylic acids is 2. The maximum absolute atomic E-state index is 12.0. The summed E-state index contributed by atoms with van der Waals surface area (Å²) in [6.07, 6.45) is 2.31. The van der Waals surface area contributed by atoms with E-state index in [1.165, 1.54) is 0 Å². The maximum Gasteiger partial charge on any atom is 0.309 e. The first-order valence-electron chi connectivity index (χ1n) is 8.17. The lowest BCUT2D eigenvalue weighted by Crippen LogP contribution is -2.41. The van der Waals surface area contributed by atoms with Gasteiger partial charge >= 0.3 is 5.97 Å². The van der Waals surface area contributed by atoms with Gasteiger partial charge in [0, 0.05) is 13.1 Å². The van der Waals surface area contributed by atoms with Crippen LogP contribution < -0.4 is 4.74 Å². The smallest absolute Gasteiger partial charge is 0.309 e. The van der Waals surface area contributed by atoms with Crippen LogP contribution in [-0.2, 0) is 14.3 Å².